The van der Waals surface area contributed by atoms with E-state index in [1.807, 2.05) is 13.8 Å². The Bertz CT molecular complexity index is 143. The van der Waals surface area contributed by atoms with Gasteiger partial charge in [-0.3, -0.25) is 4.98 Å². The average Bonchev–Trinajstić information content (AvgIpc) is 1.94. The highest BCUT2D eigenvalue weighted by molar-refractivity contribution is 5.20. The number of hydrogen-bond acceptors (Lipinski definition) is 3. The molecule has 9 heavy (non-hydrogen) atoms. The van der Waals surface area contributed by atoms with Crippen LogP contribution in [0.3, 0.4) is 0 Å². The van der Waals surface area contributed by atoms with Gasteiger partial charge in [-0.15, -0.1) is 0 Å². The fourth-order valence-electron chi connectivity index (χ4n) is 0.311. The molecule has 0 radical (unpaired) electrons. The van der Waals surface area contributed by atoms with Crippen LogP contribution in [0.2, 0.25) is 0 Å². The van der Waals surface area contributed by atoms with Crippen LogP contribution in [-0.2, 0) is 0 Å². The maximum atomic E-state index is 5.18. The van der Waals surface area contributed by atoms with Gasteiger partial charge in [0.15, 0.2) is 0 Å². The second-order valence-corrected chi connectivity index (χ2v) is 1.13. The molecule has 0 aliphatic rings. The van der Waals surface area contributed by atoms with E-state index in [1.54, 1.807) is 12.4 Å². The third-order valence-corrected chi connectivity index (χ3v) is 0.583. The van der Waals surface area contributed by atoms with Gasteiger partial charge >= 0.3 is 0 Å². The fraction of sp³-hybridized carbons (Fsp3) is 0.333. The normalized spacial score (nSPS) is 7.33. The summed E-state index contributed by atoms with van der Waals surface area (Å²) in [6.07, 6.45) is 4.63. The van der Waals surface area contributed by atoms with Gasteiger partial charge in [-0.25, -0.2) is 4.98 Å². The lowest BCUT2D eigenvalue weighted by atomic mass is 10.7. The van der Waals surface area contributed by atoms with E-state index < -0.39 is 0 Å². The molecule has 0 aliphatic heterocycles. The smallest absolute Gasteiger partial charge is 0.141 e. The number of anilines is 1. The number of nitrogens with zero attached hydrogens (tertiary/aromatic N) is 2. The van der Waals surface area contributed by atoms with E-state index in [4.69, 9.17) is 5.73 Å². The molecule has 1 aromatic heterocycles. The van der Waals surface area contributed by atoms with Gasteiger partial charge in [0.1, 0.15) is 5.82 Å². The van der Waals surface area contributed by atoms with Gasteiger partial charge in [0.25, 0.3) is 0 Å². The Morgan fingerprint density at radius 3 is 2.33 bits per heavy atom. The second-order valence-electron chi connectivity index (χ2n) is 1.13. The summed E-state index contributed by atoms with van der Waals surface area (Å²) in [5, 5.41) is 0. The number of rotatable bonds is 0. The predicted molar refractivity (Wildman–Crippen MR) is 39.9 cm³/mol. The Hall–Kier alpha value is -1.12. The zero-order valence-electron chi connectivity index (χ0n) is 5.70. The lowest BCUT2D eigenvalue weighted by molar-refractivity contribution is 1.21. The Morgan fingerprint density at radius 1 is 1.44 bits per heavy atom. The molecule has 0 fully saturated rings. The van der Waals surface area contributed by atoms with Crippen LogP contribution in [0.4, 0.5) is 5.82 Å². The molecular weight excluding hydrogens is 114 g/mol. The zero-order chi connectivity index (χ0) is 7.11. The Balaban J connectivity index is 0. The van der Waals surface area contributed by atoms with E-state index in [-0.39, 0.29) is 1.43 Å². The second kappa shape index (κ2) is 5.03. The number of nitrogens with two attached hydrogens (primary N) is 1. The molecular formula is C6H13N3. The first-order valence-electron chi connectivity index (χ1n) is 2.91. The monoisotopic (exact) mass is 127 g/mol. The molecule has 2 N–H and O–H groups in total. The van der Waals surface area contributed by atoms with Crippen LogP contribution in [0.1, 0.15) is 15.3 Å². The van der Waals surface area contributed by atoms with Crippen molar-refractivity contribution in [3.63, 3.8) is 0 Å². The number of hydrogen-bond donors (Lipinski definition) is 1. The van der Waals surface area contributed by atoms with Crippen molar-refractivity contribution < 1.29 is 1.43 Å². The highest BCUT2D eigenvalue weighted by Gasteiger charge is 1.74. The van der Waals surface area contributed by atoms with Crippen molar-refractivity contribution in [2.24, 2.45) is 0 Å². The van der Waals surface area contributed by atoms with Gasteiger partial charge in [0, 0.05) is 13.8 Å². The zero-order valence-corrected chi connectivity index (χ0v) is 5.70. The van der Waals surface area contributed by atoms with E-state index in [1.165, 1.54) is 6.20 Å². The summed E-state index contributed by atoms with van der Waals surface area (Å²) in [6.45, 7) is 4.00. The summed E-state index contributed by atoms with van der Waals surface area (Å²) < 4.78 is 0. The van der Waals surface area contributed by atoms with Gasteiger partial charge in [0.2, 0.25) is 0 Å². The molecule has 0 aromatic carbocycles. The minimum absolute atomic E-state index is 0. The van der Waals surface area contributed by atoms with Crippen LogP contribution < -0.4 is 5.73 Å². The van der Waals surface area contributed by atoms with E-state index in [0.29, 0.717) is 5.82 Å². The molecule has 0 aliphatic carbocycles. The molecule has 0 bridgehead atoms. The van der Waals surface area contributed by atoms with E-state index in [2.05, 4.69) is 9.97 Å². The van der Waals surface area contributed by atoms with Crippen molar-refractivity contribution in [2.75, 3.05) is 5.73 Å². The quantitative estimate of drug-likeness (QED) is 0.572. The molecule has 0 spiro atoms. The SMILES string of the molecule is CC.Nc1cnccn1.[HH]. The van der Waals surface area contributed by atoms with Crippen LogP contribution >= 0.6 is 0 Å². The average molecular weight is 127 g/mol. The van der Waals surface area contributed by atoms with Crippen LogP contribution in [0.15, 0.2) is 18.6 Å². The fourth-order valence-corrected chi connectivity index (χ4v) is 0.311. The minimum atomic E-state index is 0. The molecule has 0 atom stereocenters. The van der Waals surface area contributed by atoms with E-state index >= 15 is 0 Å². The summed E-state index contributed by atoms with van der Waals surface area (Å²) in [7, 11) is 0. The number of nitrogen functional groups attached to an aromatic ring is 1. The van der Waals surface area contributed by atoms with Crippen LogP contribution in [-0.4, -0.2) is 9.97 Å². The summed E-state index contributed by atoms with van der Waals surface area (Å²) in [6, 6.07) is 0. The Morgan fingerprint density at radius 2 is 2.11 bits per heavy atom. The molecule has 52 valence electrons. The first kappa shape index (κ1) is 7.88. The Labute approximate surface area is 56.4 Å². The molecule has 1 rings (SSSR count). The van der Waals surface area contributed by atoms with Crippen molar-refractivity contribution in [1.82, 2.24) is 9.97 Å². The maximum Gasteiger partial charge on any atom is 0.141 e. The molecule has 0 saturated carbocycles. The van der Waals surface area contributed by atoms with Gasteiger partial charge in [0.05, 0.1) is 6.20 Å². The first-order valence-corrected chi connectivity index (χ1v) is 2.91. The molecule has 0 saturated heterocycles. The van der Waals surface area contributed by atoms with E-state index in [9.17, 15) is 0 Å². The Kier molecular flexibility index (Phi) is 4.40. The van der Waals surface area contributed by atoms with Crippen molar-refractivity contribution in [3.05, 3.63) is 18.6 Å². The van der Waals surface area contributed by atoms with Crippen molar-refractivity contribution in [2.45, 2.75) is 13.8 Å². The topological polar surface area (TPSA) is 51.8 Å². The van der Waals surface area contributed by atoms with Crippen LogP contribution in [0, 0.1) is 0 Å². The van der Waals surface area contributed by atoms with Crippen molar-refractivity contribution >= 4 is 5.82 Å². The third-order valence-electron chi connectivity index (χ3n) is 0.583. The molecule has 1 aromatic rings. The van der Waals surface area contributed by atoms with Crippen molar-refractivity contribution in [3.8, 4) is 0 Å². The largest absolute Gasteiger partial charge is 0.382 e. The molecule has 1 heterocycles. The van der Waals surface area contributed by atoms with Crippen molar-refractivity contribution in [1.29, 1.82) is 0 Å². The number of aromatic nitrogens is 2. The van der Waals surface area contributed by atoms with Gasteiger partial charge < -0.3 is 5.73 Å². The van der Waals surface area contributed by atoms with E-state index in [0.717, 1.165) is 0 Å². The summed E-state index contributed by atoms with van der Waals surface area (Å²) in [5.41, 5.74) is 5.18. The summed E-state index contributed by atoms with van der Waals surface area (Å²) >= 11 is 0. The molecule has 3 nitrogen and oxygen atoms in total. The van der Waals surface area contributed by atoms with Gasteiger partial charge in [-0.2, -0.15) is 0 Å². The standard InChI is InChI=1S/C4H5N3.C2H6.H2/c5-4-3-6-1-2-7-4;1-2;/h1-3H,(H2,5,7);1-2H3;1H. The highest BCUT2D eigenvalue weighted by Crippen LogP contribution is 1.84. The summed E-state index contributed by atoms with van der Waals surface area (Å²) in [4.78, 5) is 7.39. The minimum Gasteiger partial charge on any atom is -0.382 e. The predicted octanol–water partition coefficient (Wildman–Crippen LogP) is 1.33. The molecule has 0 unspecified atom stereocenters. The highest BCUT2D eigenvalue weighted by atomic mass is 14.9. The van der Waals surface area contributed by atoms with Crippen LogP contribution in [0.25, 0.3) is 0 Å². The lowest BCUT2D eigenvalue weighted by Crippen LogP contribution is -1.87. The third kappa shape index (κ3) is 3.46. The van der Waals surface area contributed by atoms with Gasteiger partial charge in [-0.1, -0.05) is 13.8 Å². The molecule has 0 amide bonds. The van der Waals surface area contributed by atoms with Gasteiger partial charge in [-0.05, 0) is 0 Å². The lowest BCUT2D eigenvalue weighted by Gasteiger charge is -1.82. The van der Waals surface area contributed by atoms with Crippen LogP contribution in [0.5, 0.6) is 0 Å². The maximum absolute atomic E-state index is 5.18. The molecule has 3 heteroatoms. The first-order chi connectivity index (χ1) is 4.39. The summed E-state index contributed by atoms with van der Waals surface area (Å²) in [5.74, 6) is 0.461.